The van der Waals surface area contributed by atoms with E-state index in [-0.39, 0.29) is 23.3 Å². The van der Waals surface area contributed by atoms with Crippen LogP contribution < -0.4 is 5.73 Å². The molecule has 1 aromatic carbocycles. The van der Waals surface area contributed by atoms with E-state index in [9.17, 15) is 9.18 Å². The van der Waals surface area contributed by atoms with Crippen LogP contribution in [-0.2, 0) is 0 Å². The first-order valence-corrected chi connectivity index (χ1v) is 5.16. The maximum Gasteiger partial charge on any atom is 0.165 e. The molecule has 2 nitrogen and oxygen atoms in total. The molecule has 2 N–H and O–H groups in total. The van der Waals surface area contributed by atoms with Gasteiger partial charge in [0.25, 0.3) is 0 Å². The van der Waals surface area contributed by atoms with Crippen molar-refractivity contribution in [1.82, 2.24) is 0 Å². The first-order chi connectivity index (χ1) is 7.04. The lowest BCUT2D eigenvalue weighted by molar-refractivity contribution is 0.0974. The minimum absolute atomic E-state index is 0.142. The van der Waals surface area contributed by atoms with Gasteiger partial charge in [-0.25, -0.2) is 4.39 Å². The van der Waals surface area contributed by atoms with Crippen LogP contribution in [0.15, 0.2) is 18.2 Å². The third-order valence-corrected chi connectivity index (χ3v) is 2.52. The van der Waals surface area contributed by atoms with Crippen molar-refractivity contribution in [2.75, 3.05) is 0 Å². The lowest BCUT2D eigenvalue weighted by atomic mass is 10.0. The number of carbonyl (C=O) groups is 1. The summed E-state index contributed by atoms with van der Waals surface area (Å²) in [5, 5.41) is 0.142. The molecule has 0 radical (unpaired) electrons. The molecule has 0 bridgehead atoms. The molecule has 0 aliphatic heterocycles. The van der Waals surface area contributed by atoms with Crippen molar-refractivity contribution in [3.05, 3.63) is 34.6 Å². The normalized spacial score (nSPS) is 12.5. The van der Waals surface area contributed by atoms with Gasteiger partial charge in [-0.05, 0) is 24.6 Å². The molecule has 0 saturated heterocycles. The number of hydrogen-bond acceptors (Lipinski definition) is 2. The summed E-state index contributed by atoms with van der Waals surface area (Å²) in [5.74, 6) is -0.592. The number of Topliss-reactive ketones (excluding diaryl/α,β-unsaturated/α-hetero) is 1. The number of carbonyl (C=O) groups excluding carboxylic acids is 1. The molecule has 0 aromatic heterocycles. The second kappa shape index (κ2) is 5.24. The lowest BCUT2D eigenvalue weighted by Gasteiger charge is -2.08. The minimum atomic E-state index is -0.448. The van der Waals surface area contributed by atoms with Crippen LogP contribution >= 0.6 is 11.6 Å². The van der Waals surface area contributed by atoms with E-state index in [0.29, 0.717) is 5.56 Å². The average molecular weight is 230 g/mol. The van der Waals surface area contributed by atoms with Crippen LogP contribution in [-0.4, -0.2) is 11.8 Å². The van der Waals surface area contributed by atoms with Crippen molar-refractivity contribution in [1.29, 1.82) is 0 Å². The number of nitrogens with two attached hydrogens (primary N) is 1. The predicted octanol–water partition coefficient (Wildman–Crippen LogP) is 2.79. The average Bonchev–Trinajstić information content (AvgIpc) is 2.17. The second-order valence-corrected chi connectivity index (χ2v) is 3.83. The van der Waals surface area contributed by atoms with Crippen LogP contribution in [0.4, 0.5) is 4.39 Å². The summed E-state index contributed by atoms with van der Waals surface area (Å²) in [4.78, 5) is 11.7. The van der Waals surface area contributed by atoms with Gasteiger partial charge < -0.3 is 5.73 Å². The Labute approximate surface area is 93.2 Å². The molecule has 0 spiro atoms. The summed E-state index contributed by atoms with van der Waals surface area (Å²) in [6, 6.07) is 3.57. The van der Waals surface area contributed by atoms with Crippen molar-refractivity contribution < 1.29 is 9.18 Å². The maximum absolute atomic E-state index is 12.7. The van der Waals surface area contributed by atoms with Crippen molar-refractivity contribution in [2.45, 2.75) is 25.8 Å². The van der Waals surface area contributed by atoms with E-state index < -0.39 is 5.82 Å². The van der Waals surface area contributed by atoms with E-state index >= 15 is 0 Å². The standard InChI is InChI=1S/C11H13ClFNO/c1-2-8(14)6-11(15)9-4-3-7(13)5-10(9)12/h3-5,8H,2,6,14H2,1H3. The van der Waals surface area contributed by atoms with E-state index in [1.54, 1.807) is 0 Å². The van der Waals surface area contributed by atoms with Gasteiger partial charge in [-0.2, -0.15) is 0 Å². The Morgan fingerprint density at radius 1 is 1.60 bits per heavy atom. The molecule has 0 aliphatic rings. The fourth-order valence-electron chi connectivity index (χ4n) is 1.21. The second-order valence-electron chi connectivity index (χ2n) is 3.42. The van der Waals surface area contributed by atoms with Crippen LogP contribution in [0.1, 0.15) is 30.1 Å². The smallest absolute Gasteiger partial charge is 0.165 e. The Bertz CT molecular complexity index is 368. The molecule has 1 aromatic rings. The summed E-state index contributed by atoms with van der Waals surface area (Å²) in [7, 11) is 0. The summed E-state index contributed by atoms with van der Waals surface area (Å²) in [6.07, 6.45) is 0.965. The molecule has 0 aliphatic carbocycles. The molecular formula is C11H13ClFNO. The van der Waals surface area contributed by atoms with Gasteiger partial charge in [0.15, 0.2) is 5.78 Å². The zero-order valence-electron chi connectivity index (χ0n) is 8.47. The van der Waals surface area contributed by atoms with Gasteiger partial charge in [0.05, 0.1) is 5.02 Å². The van der Waals surface area contributed by atoms with Crippen LogP contribution in [0.5, 0.6) is 0 Å². The van der Waals surface area contributed by atoms with Gasteiger partial charge in [0.2, 0.25) is 0 Å². The van der Waals surface area contributed by atoms with E-state index in [1.807, 2.05) is 6.92 Å². The van der Waals surface area contributed by atoms with E-state index in [4.69, 9.17) is 17.3 Å². The first kappa shape index (κ1) is 12.1. The Kier molecular flexibility index (Phi) is 4.24. The highest BCUT2D eigenvalue weighted by molar-refractivity contribution is 6.33. The lowest BCUT2D eigenvalue weighted by Crippen LogP contribution is -2.22. The molecule has 0 amide bonds. The molecule has 1 atom stereocenters. The zero-order chi connectivity index (χ0) is 11.4. The van der Waals surface area contributed by atoms with Gasteiger partial charge in [-0.3, -0.25) is 4.79 Å². The summed E-state index contributed by atoms with van der Waals surface area (Å²) < 4.78 is 12.7. The van der Waals surface area contributed by atoms with Crippen LogP contribution in [0, 0.1) is 5.82 Å². The number of rotatable bonds is 4. The number of ketones is 1. The van der Waals surface area contributed by atoms with Gasteiger partial charge in [-0.1, -0.05) is 18.5 Å². The number of hydrogen-bond donors (Lipinski definition) is 1. The van der Waals surface area contributed by atoms with Gasteiger partial charge in [0, 0.05) is 18.0 Å². The number of halogens is 2. The monoisotopic (exact) mass is 229 g/mol. The first-order valence-electron chi connectivity index (χ1n) is 4.78. The van der Waals surface area contributed by atoms with E-state index in [1.165, 1.54) is 12.1 Å². The van der Waals surface area contributed by atoms with Crippen LogP contribution in [0.3, 0.4) is 0 Å². The summed E-state index contributed by atoms with van der Waals surface area (Å²) >= 11 is 5.75. The largest absolute Gasteiger partial charge is 0.327 e. The van der Waals surface area contributed by atoms with Crippen molar-refractivity contribution in [2.24, 2.45) is 5.73 Å². The quantitative estimate of drug-likeness (QED) is 0.807. The molecule has 0 heterocycles. The van der Waals surface area contributed by atoms with E-state index in [2.05, 4.69) is 0 Å². The molecule has 82 valence electrons. The van der Waals surface area contributed by atoms with E-state index in [0.717, 1.165) is 12.5 Å². The topological polar surface area (TPSA) is 43.1 Å². The molecule has 1 rings (SSSR count). The maximum atomic E-state index is 12.7. The molecule has 4 heteroatoms. The molecule has 0 saturated carbocycles. The van der Waals surface area contributed by atoms with Gasteiger partial charge >= 0.3 is 0 Å². The predicted molar refractivity (Wildman–Crippen MR) is 58.6 cm³/mol. The summed E-state index contributed by atoms with van der Waals surface area (Å²) in [5.41, 5.74) is 5.99. The van der Waals surface area contributed by atoms with Gasteiger partial charge in [-0.15, -0.1) is 0 Å². The molecule has 15 heavy (non-hydrogen) atoms. The van der Waals surface area contributed by atoms with Gasteiger partial charge in [0.1, 0.15) is 5.82 Å². The molecule has 1 unspecified atom stereocenters. The highest BCUT2D eigenvalue weighted by atomic mass is 35.5. The molecule has 0 fully saturated rings. The Morgan fingerprint density at radius 3 is 2.80 bits per heavy atom. The number of benzene rings is 1. The third-order valence-electron chi connectivity index (χ3n) is 2.20. The van der Waals surface area contributed by atoms with Crippen molar-refractivity contribution >= 4 is 17.4 Å². The highest BCUT2D eigenvalue weighted by Crippen LogP contribution is 2.19. The SMILES string of the molecule is CCC(N)CC(=O)c1ccc(F)cc1Cl. The Balaban J connectivity index is 2.82. The minimum Gasteiger partial charge on any atom is -0.327 e. The third kappa shape index (κ3) is 3.29. The van der Waals surface area contributed by atoms with Crippen molar-refractivity contribution in [3.63, 3.8) is 0 Å². The van der Waals surface area contributed by atoms with Crippen molar-refractivity contribution in [3.8, 4) is 0 Å². The summed E-state index contributed by atoms with van der Waals surface area (Å²) in [6.45, 7) is 1.91. The fourth-order valence-corrected chi connectivity index (χ4v) is 1.48. The Hall–Kier alpha value is -0.930. The fraction of sp³-hybridized carbons (Fsp3) is 0.364. The molecular weight excluding hydrogens is 217 g/mol. The zero-order valence-corrected chi connectivity index (χ0v) is 9.22. The highest BCUT2D eigenvalue weighted by Gasteiger charge is 2.13. The Morgan fingerprint density at radius 2 is 2.27 bits per heavy atom. The van der Waals surface area contributed by atoms with Crippen LogP contribution in [0.2, 0.25) is 5.02 Å². The van der Waals surface area contributed by atoms with Crippen LogP contribution in [0.25, 0.3) is 0 Å².